The van der Waals surface area contributed by atoms with Crippen molar-refractivity contribution >= 4 is 21.6 Å². The summed E-state index contributed by atoms with van der Waals surface area (Å²) in [5, 5.41) is 0. The highest BCUT2D eigenvalue weighted by molar-refractivity contribution is 7.89. The third kappa shape index (κ3) is 2.40. The number of nitrogens with two attached hydrogens (primary N) is 1. The van der Waals surface area contributed by atoms with Gasteiger partial charge in [-0.15, -0.1) is 0 Å². The van der Waals surface area contributed by atoms with Crippen molar-refractivity contribution in [3.05, 3.63) is 23.8 Å². The molecule has 0 aliphatic carbocycles. The second-order valence-corrected chi connectivity index (χ2v) is 7.60. The summed E-state index contributed by atoms with van der Waals surface area (Å²) in [5.41, 5.74) is 7.15. The molecule has 0 aromatic heterocycles. The number of hydrogen-bond acceptors (Lipinski definition) is 4. The van der Waals surface area contributed by atoms with Gasteiger partial charge in [-0.05, 0) is 31.0 Å². The van der Waals surface area contributed by atoms with Crippen LogP contribution in [0.15, 0.2) is 23.1 Å². The zero-order valence-corrected chi connectivity index (χ0v) is 12.8. The number of rotatable bonds is 2. The number of nitrogens with zero attached hydrogens (tertiary/aromatic N) is 2. The van der Waals surface area contributed by atoms with Gasteiger partial charge in [0, 0.05) is 37.8 Å². The van der Waals surface area contributed by atoms with E-state index in [1.807, 2.05) is 6.92 Å². The molecule has 1 amide bonds. The molecule has 1 atom stereocenters. The van der Waals surface area contributed by atoms with E-state index < -0.39 is 10.0 Å². The van der Waals surface area contributed by atoms with Crippen LogP contribution in [-0.2, 0) is 14.8 Å². The Balaban J connectivity index is 1.85. The van der Waals surface area contributed by atoms with Crippen LogP contribution in [0.1, 0.15) is 18.4 Å². The van der Waals surface area contributed by atoms with Gasteiger partial charge in [0.15, 0.2) is 0 Å². The van der Waals surface area contributed by atoms with Gasteiger partial charge in [0.05, 0.1) is 4.90 Å². The van der Waals surface area contributed by atoms with E-state index in [4.69, 9.17) is 5.73 Å². The van der Waals surface area contributed by atoms with E-state index in [0.717, 1.165) is 12.0 Å². The van der Waals surface area contributed by atoms with Crippen molar-refractivity contribution in [1.29, 1.82) is 0 Å². The maximum atomic E-state index is 12.7. The van der Waals surface area contributed by atoms with E-state index in [-0.39, 0.29) is 16.8 Å². The van der Waals surface area contributed by atoms with E-state index in [9.17, 15) is 13.2 Å². The fraction of sp³-hybridized carbons (Fsp3) is 0.500. The molecule has 2 aliphatic rings. The zero-order valence-electron chi connectivity index (χ0n) is 11.9. The van der Waals surface area contributed by atoms with Crippen LogP contribution in [0.4, 0.5) is 5.69 Å². The van der Waals surface area contributed by atoms with Crippen LogP contribution in [0.3, 0.4) is 0 Å². The molecule has 0 spiro atoms. The normalized spacial score (nSPS) is 23.4. The highest BCUT2D eigenvalue weighted by atomic mass is 32.2. The molecule has 2 saturated heterocycles. The number of piperazine rings is 1. The maximum absolute atomic E-state index is 12.7. The summed E-state index contributed by atoms with van der Waals surface area (Å²) in [6.45, 7) is 3.04. The van der Waals surface area contributed by atoms with Crippen molar-refractivity contribution in [2.45, 2.75) is 30.7 Å². The van der Waals surface area contributed by atoms with E-state index in [2.05, 4.69) is 0 Å². The predicted octanol–water partition coefficient (Wildman–Crippen LogP) is 0.573. The number of anilines is 1. The highest BCUT2D eigenvalue weighted by Crippen LogP contribution is 2.27. The summed E-state index contributed by atoms with van der Waals surface area (Å²) in [5.74, 6) is 0.136. The minimum Gasteiger partial charge on any atom is -0.398 e. The Labute approximate surface area is 124 Å². The molecule has 6 nitrogen and oxygen atoms in total. The van der Waals surface area contributed by atoms with Crippen molar-refractivity contribution in [2.75, 3.05) is 25.4 Å². The molecular weight excluding hydrogens is 290 g/mol. The Bertz CT molecular complexity index is 687. The fourth-order valence-corrected chi connectivity index (χ4v) is 4.49. The first-order chi connectivity index (χ1) is 9.89. The second kappa shape index (κ2) is 4.99. The first kappa shape index (κ1) is 14.3. The van der Waals surface area contributed by atoms with Gasteiger partial charge in [-0.25, -0.2) is 8.42 Å². The molecule has 1 unspecified atom stereocenters. The molecule has 2 fully saturated rings. The zero-order chi connectivity index (χ0) is 15.2. The van der Waals surface area contributed by atoms with Crippen LogP contribution in [0.5, 0.6) is 0 Å². The van der Waals surface area contributed by atoms with Crippen molar-refractivity contribution in [3.8, 4) is 0 Å². The summed E-state index contributed by atoms with van der Waals surface area (Å²) in [4.78, 5) is 13.7. The number of amides is 1. The SMILES string of the molecule is Cc1ccc(S(=O)(=O)N2CCN3C(=O)CCC3C2)cc1N. The number of benzene rings is 1. The van der Waals surface area contributed by atoms with Gasteiger partial charge in [0.1, 0.15) is 0 Å². The van der Waals surface area contributed by atoms with E-state index in [1.54, 1.807) is 17.0 Å². The molecule has 0 radical (unpaired) electrons. The minimum absolute atomic E-state index is 0.0174. The summed E-state index contributed by atoms with van der Waals surface area (Å²) in [6, 6.07) is 4.84. The Morgan fingerprint density at radius 3 is 2.76 bits per heavy atom. The molecule has 2 N–H and O–H groups in total. The predicted molar refractivity (Wildman–Crippen MR) is 79.1 cm³/mol. The molecule has 2 aliphatic heterocycles. The van der Waals surface area contributed by atoms with Crippen molar-refractivity contribution in [2.24, 2.45) is 0 Å². The van der Waals surface area contributed by atoms with Crippen LogP contribution in [-0.4, -0.2) is 49.2 Å². The number of carbonyl (C=O) groups is 1. The Morgan fingerprint density at radius 2 is 2.05 bits per heavy atom. The lowest BCUT2D eigenvalue weighted by molar-refractivity contribution is -0.130. The molecule has 0 bridgehead atoms. The second-order valence-electron chi connectivity index (χ2n) is 5.66. The maximum Gasteiger partial charge on any atom is 0.243 e. The molecule has 1 aromatic rings. The Morgan fingerprint density at radius 1 is 1.29 bits per heavy atom. The molecule has 21 heavy (non-hydrogen) atoms. The van der Waals surface area contributed by atoms with Crippen LogP contribution in [0, 0.1) is 6.92 Å². The molecule has 0 saturated carbocycles. The van der Waals surface area contributed by atoms with Crippen molar-refractivity contribution < 1.29 is 13.2 Å². The first-order valence-corrected chi connectivity index (χ1v) is 8.49. The number of hydrogen-bond donors (Lipinski definition) is 1. The Kier molecular flexibility index (Phi) is 3.41. The fourth-order valence-electron chi connectivity index (χ4n) is 2.98. The molecule has 2 heterocycles. The van der Waals surface area contributed by atoms with E-state index in [1.165, 1.54) is 10.4 Å². The van der Waals surface area contributed by atoms with Crippen LogP contribution < -0.4 is 5.73 Å². The van der Waals surface area contributed by atoms with Crippen LogP contribution >= 0.6 is 0 Å². The van der Waals surface area contributed by atoms with Gasteiger partial charge in [-0.3, -0.25) is 4.79 Å². The van der Waals surface area contributed by atoms with Crippen LogP contribution in [0.2, 0.25) is 0 Å². The number of fused-ring (bicyclic) bond motifs is 1. The largest absolute Gasteiger partial charge is 0.398 e. The van der Waals surface area contributed by atoms with Gasteiger partial charge in [-0.1, -0.05) is 6.07 Å². The van der Waals surface area contributed by atoms with Crippen molar-refractivity contribution in [1.82, 2.24) is 9.21 Å². The van der Waals surface area contributed by atoms with Gasteiger partial charge in [-0.2, -0.15) is 4.31 Å². The average molecular weight is 309 g/mol. The summed E-state index contributed by atoms with van der Waals surface area (Å²) in [6.07, 6.45) is 1.26. The number of aryl methyl sites for hydroxylation is 1. The quantitative estimate of drug-likeness (QED) is 0.810. The molecule has 1 aromatic carbocycles. The molecule has 3 rings (SSSR count). The van der Waals surface area contributed by atoms with Crippen LogP contribution in [0.25, 0.3) is 0 Å². The van der Waals surface area contributed by atoms with E-state index >= 15 is 0 Å². The molecule has 7 heteroatoms. The summed E-state index contributed by atoms with van der Waals surface area (Å²) >= 11 is 0. The smallest absolute Gasteiger partial charge is 0.243 e. The lowest BCUT2D eigenvalue weighted by atomic mass is 10.2. The standard InChI is InChI=1S/C14H19N3O3S/c1-10-2-4-12(8-13(10)15)21(19,20)16-6-7-17-11(9-16)3-5-14(17)18/h2,4,8,11H,3,5-7,9,15H2,1H3. The van der Waals surface area contributed by atoms with Gasteiger partial charge in [0.25, 0.3) is 0 Å². The minimum atomic E-state index is -3.54. The lowest BCUT2D eigenvalue weighted by Crippen LogP contribution is -2.53. The topological polar surface area (TPSA) is 83.7 Å². The summed E-state index contributed by atoms with van der Waals surface area (Å²) in [7, 11) is -3.54. The lowest BCUT2D eigenvalue weighted by Gasteiger charge is -2.36. The molecule has 114 valence electrons. The first-order valence-electron chi connectivity index (χ1n) is 7.05. The molecular formula is C14H19N3O3S. The summed E-state index contributed by atoms with van der Waals surface area (Å²) < 4.78 is 26.8. The number of carbonyl (C=O) groups excluding carboxylic acids is 1. The highest BCUT2D eigenvalue weighted by Gasteiger charge is 2.39. The number of sulfonamides is 1. The van der Waals surface area contributed by atoms with Crippen molar-refractivity contribution in [3.63, 3.8) is 0 Å². The van der Waals surface area contributed by atoms with Gasteiger partial charge >= 0.3 is 0 Å². The van der Waals surface area contributed by atoms with E-state index in [0.29, 0.717) is 31.7 Å². The van der Waals surface area contributed by atoms with Gasteiger partial charge in [0.2, 0.25) is 15.9 Å². The monoisotopic (exact) mass is 309 g/mol. The van der Waals surface area contributed by atoms with Gasteiger partial charge < -0.3 is 10.6 Å². The third-order valence-electron chi connectivity index (χ3n) is 4.35. The third-order valence-corrected chi connectivity index (χ3v) is 6.21. The number of nitrogen functional groups attached to an aromatic ring is 1. The Hall–Kier alpha value is -1.60. The average Bonchev–Trinajstić information content (AvgIpc) is 2.83.